The first-order chi connectivity index (χ1) is 7.64. The highest BCUT2D eigenvalue weighted by atomic mass is 32.2. The zero-order valence-corrected chi connectivity index (χ0v) is 11.3. The van der Waals surface area contributed by atoms with Crippen LogP contribution in [0, 0.1) is 5.41 Å². The van der Waals surface area contributed by atoms with Crippen molar-refractivity contribution in [2.45, 2.75) is 25.7 Å². The summed E-state index contributed by atoms with van der Waals surface area (Å²) in [5.74, 6) is 0. The van der Waals surface area contributed by atoms with Gasteiger partial charge in [-0.15, -0.1) is 0 Å². The highest BCUT2D eigenvalue weighted by Gasteiger charge is 2.27. The molecular formula is C11H18N2O3S. The van der Waals surface area contributed by atoms with Crippen molar-refractivity contribution in [1.82, 2.24) is 9.29 Å². The van der Waals surface area contributed by atoms with E-state index in [1.54, 1.807) is 0 Å². The van der Waals surface area contributed by atoms with Crippen molar-refractivity contribution >= 4 is 10.0 Å². The Morgan fingerprint density at radius 1 is 1.35 bits per heavy atom. The van der Waals surface area contributed by atoms with E-state index in [-0.39, 0.29) is 10.3 Å². The van der Waals surface area contributed by atoms with Crippen LogP contribution < -0.4 is 5.43 Å². The number of H-pyrrole nitrogens is 1. The van der Waals surface area contributed by atoms with Crippen LogP contribution in [-0.2, 0) is 10.0 Å². The quantitative estimate of drug-likeness (QED) is 0.880. The standard InChI is InChI=1S/C11H18N2O3S/c1-11(2,3)8-13(4)17(15,16)10-7-12-6-5-9(10)14/h5-7H,8H2,1-4H3,(H,12,14). The molecule has 0 saturated heterocycles. The molecule has 1 aromatic heterocycles. The van der Waals surface area contributed by atoms with Crippen molar-refractivity contribution < 1.29 is 8.42 Å². The summed E-state index contributed by atoms with van der Waals surface area (Å²) in [6.07, 6.45) is 2.63. The molecule has 0 aliphatic carbocycles. The van der Waals surface area contributed by atoms with Gasteiger partial charge in [0, 0.05) is 32.1 Å². The third-order valence-corrected chi connectivity index (χ3v) is 4.00. The first kappa shape index (κ1) is 13.9. The highest BCUT2D eigenvalue weighted by Crippen LogP contribution is 2.18. The summed E-state index contributed by atoms with van der Waals surface area (Å²) in [5.41, 5.74) is -0.659. The molecule has 0 fully saturated rings. The summed E-state index contributed by atoms with van der Waals surface area (Å²) in [7, 11) is -2.23. The van der Waals surface area contributed by atoms with E-state index in [2.05, 4.69) is 4.98 Å². The smallest absolute Gasteiger partial charge is 0.248 e. The maximum absolute atomic E-state index is 12.1. The molecule has 0 aliphatic heterocycles. The van der Waals surface area contributed by atoms with Crippen LogP contribution in [0.5, 0.6) is 0 Å². The number of sulfonamides is 1. The fourth-order valence-electron chi connectivity index (χ4n) is 1.52. The summed E-state index contributed by atoms with van der Waals surface area (Å²) in [6.45, 7) is 6.17. The molecule has 0 unspecified atom stereocenters. The first-order valence-electron chi connectivity index (χ1n) is 5.28. The van der Waals surface area contributed by atoms with Gasteiger partial charge >= 0.3 is 0 Å². The van der Waals surface area contributed by atoms with E-state index in [9.17, 15) is 13.2 Å². The molecule has 0 radical (unpaired) electrons. The number of rotatable bonds is 3. The molecule has 0 bridgehead atoms. The van der Waals surface area contributed by atoms with E-state index in [0.717, 1.165) is 0 Å². The fraction of sp³-hybridized carbons (Fsp3) is 0.545. The lowest BCUT2D eigenvalue weighted by molar-refractivity contribution is 0.310. The molecular weight excluding hydrogens is 240 g/mol. The minimum atomic E-state index is -3.71. The fourth-order valence-corrected chi connectivity index (χ4v) is 2.96. The van der Waals surface area contributed by atoms with Crippen LogP contribution in [0.15, 0.2) is 28.2 Å². The number of nitrogens with zero attached hydrogens (tertiary/aromatic N) is 1. The van der Waals surface area contributed by atoms with Gasteiger partial charge in [-0.1, -0.05) is 20.8 Å². The summed E-state index contributed by atoms with van der Waals surface area (Å²) in [5, 5.41) is 0. The Bertz CT molecular complexity index is 540. The summed E-state index contributed by atoms with van der Waals surface area (Å²) < 4.78 is 25.5. The van der Waals surface area contributed by atoms with Gasteiger partial charge in [0.2, 0.25) is 15.5 Å². The number of pyridine rings is 1. The van der Waals surface area contributed by atoms with Crippen LogP contribution in [0.1, 0.15) is 20.8 Å². The Labute approximate surface area is 102 Å². The zero-order chi connectivity index (χ0) is 13.3. The van der Waals surface area contributed by atoms with Gasteiger partial charge in [-0.05, 0) is 5.41 Å². The van der Waals surface area contributed by atoms with Crippen LogP contribution in [0.4, 0.5) is 0 Å². The van der Waals surface area contributed by atoms with Crippen LogP contribution in [0.2, 0.25) is 0 Å². The third-order valence-electron chi connectivity index (χ3n) is 2.17. The summed E-state index contributed by atoms with van der Waals surface area (Å²) in [4.78, 5) is 13.9. The van der Waals surface area contributed by atoms with Crippen molar-refractivity contribution in [3.05, 3.63) is 28.7 Å². The van der Waals surface area contributed by atoms with Gasteiger partial charge in [0.05, 0.1) is 0 Å². The number of aromatic amines is 1. The van der Waals surface area contributed by atoms with Crippen molar-refractivity contribution in [2.24, 2.45) is 5.41 Å². The molecule has 1 aromatic rings. The molecule has 6 heteroatoms. The summed E-state index contributed by atoms with van der Waals surface area (Å²) >= 11 is 0. The molecule has 0 spiro atoms. The van der Waals surface area contributed by atoms with Crippen LogP contribution in [-0.4, -0.2) is 31.3 Å². The second-order valence-electron chi connectivity index (χ2n) is 5.19. The van der Waals surface area contributed by atoms with E-state index < -0.39 is 15.5 Å². The molecule has 0 saturated carbocycles. The first-order valence-corrected chi connectivity index (χ1v) is 6.72. The summed E-state index contributed by atoms with van der Waals surface area (Å²) in [6, 6.07) is 1.21. The minimum absolute atomic E-state index is 0.163. The SMILES string of the molecule is CN(CC(C)(C)C)S(=O)(=O)c1c[nH]ccc1=O. The number of hydrogen-bond acceptors (Lipinski definition) is 3. The predicted molar refractivity (Wildman–Crippen MR) is 66.3 cm³/mol. The molecule has 96 valence electrons. The Balaban J connectivity index is 3.13. The molecule has 1 heterocycles. The van der Waals surface area contributed by atoms with E-state index in [1.165, 1.54) is 29.8 Å². The van der Waals surface area contributed by atoms with Gasteiger partial charge in [0.25, 0.3) is 0 Å². The predicted octanol–water partition coefficient (Wildman–Crippen LogP) is 1.04. The Morgan fingerprint density at radius 3 is 2.41 bits per heavy atom. The Morgan fingerprint density at radius 2 is 1.94 bits per heavy atom. The molecule has 0 aliphatic rings. The van der Waals surface area contributed by atoms with E-state index in [1.807, 2.05) is 20.8 Å². The number of aromatic nitrogens is 1. The second-order valence-corrected chi connectivity index (χ2v) is 7.21. The monoisotopic (exact) mass is 258 g/mol. The van der Waals surface area contributed by atoms with E-state index in [0.29, 0.717) is 6.54 Å². The van der Waals surface area contributed by atoms with Crippen LogP contribution in [0.25, 0.3) is 0 Å². The van der Waals surface area contributed by atoms with Crippen molar-refractivity contribution in [1.29, 1.82) is 0 Å². The lowest BCUT2D eigenvalue weighted by Gasteiger charge is -2.25. The van der Waals surface area contributed by atoms with Crippen molar-refractivity contribution in [3.63, 3.8) is 0 Å². The average Bonchev–Trinajstić information content (AvgIpc) is 2.15. The molecule has 1 N–H and O–H groups in total. The molecule has 0 amide bonds. The van der Waals surface area contributed by atoms with Crippen molar-refractivity contribution in [3.8, 4) is 0 Å². The molecule has 0 aromatic carbocycles. The molecule has 5 nitrogen and oxygen atoms in total. The average molecular weight is 258 g/mol. The minimum Gasteiger partial charge on any atom is -0.366 e. The third kappa shape index (κ3) is 3.41. The van der Waals surface area contributed by atoms with Gasteiger partial charge in [-0.25, -0.2) is 12.7 Å². The molecule has 1 rings (SSSR count). The molecule has 0 atom stereocenters. The zero-order valence-electron chi connectivity index (χ0n) is 10.5. The lowest BCUT2D eigenvalue weighted by atomic mass is 9.97. The lowest BCUT2D eigenvalue weighted by Crippen LogP contribution is -2.36. The van der Waals surface area contributed by atoms with E-state index in [4.69, 9.17) is 0 Å². The Kier molecular flexibility index (Phi) is 3.78. The topological polar surface area (TPSA) is 70.2 Å². The van der Waals surface area contributed by atoms with Gasteiger partial charge in [0.15, 0.2) is 0 Å². The Hall–Kier alpha value is -1.14. The van der Waals surface area contributed by atoms with Gasteiger partial charge < -0.3 is 4.98 Å². The maximum atomic E-state index is 12.1. The van der Waals surface area contributed by atoms with Crippen molar-refractivity contribution in [2.75, 3.05) is 13.6 Å². The molecule has 17 heavy (non-hydrogen) atoms. The van der Waals surface area contributed by atoms with Gasteiger partial charge in [-0.3, -0.25) is 4.79 Å². The largest absolute Gasteiger partial charge is 0.366 e. The van der Waals surface area contributed by atoms with Crippen LogP contribution in [0.3, 0.4) is 0 Å². The second kappa shape index (κ2) is 4.62. The van der Waals surface area contributed by atoms with Gasteiger partial charge in [0.1, 0.15) is 4.90 Å². The van der Waals surface area contributed by atoms with E-state index >= 15 is 0 Å². The number of hydrogen-bond donors (Lipinski definition) is 1. The normalized spacial score (nSPS) is 13.0. The highest BCUT2D eigenvalue weighted by molar-refractivity contribution is 7.89. The van der Waals surface area contributed by atoms with Crippen LogP contribution >= 0.6 is 0 Å². The maximum Gasteiger partial charge on any atom is 0.248 e. The number of nitrogens with one attached hydrogen (secondary N) is 1. The van der Waals surface area contributed by atoms with Gasteiger partial charge in [-0.2, -0.15) is 0 Å².